The first-order valence-corrected chi connectivity index (χ1v) is 9.63. The van der Waals surface area contributed by atoms with Gasteiger partial charge in [0.1, 0.15) is 0 Å². The van der Waals surface area contributed by atoms with Gasteiger partial charge >= 0.3 is 0 Å². The summed E-state index contributed by atoms with van der Waals surface area (Å²) in [5, 5.41) is 7.73. The van der Waals surface area contributed by atoms with Gasteiger partial charge in [0, 0.05) is 11.1 Å². The van der Waals surface area contributed by atoms with E-state index < -0.39 is 0 Å². The zero-order valence-corrected chi connectivity index (χ0v) is 17.8. The number of hydrogen-bond donors (Lipinski definition) is 2. The molecule has 0 aliphatic carbocycles. The Kier molecular flexibility index (Phi) is 6.31. The summed E-state index contributed by atoms with van der Waals surface area (Å²) in [6.07, 6.45) is 0. The fourth-order valence-electron chi connectivity index (χ4n) is 3.20. The van der Waals surface area contributed by atoms with Crippen molar-refractivity contribution in [1.82, 2.24) is 10.6 Å². The van der Waals surface area contributed by atoms with Crippen LogP contribution in [0.25, 0.3) is 0 Å². The van der Waals surface area contributed by atoms with E-state index >= 15 is 0 Å². The lowest BCUT2D eigenvalue weighted by molar-refractivity contribution is 0.259. The predicted octanol–water partition coefficient (Wildman–Crippen LogP) is 5.86. The monoisotopic (exact) mass is 352 g/mol. The third-order valence-corrected chi connectivity index (χ3v) is 4.38. The molecule has 0 amide bonds. The van der Waals surface area contributed by atoms with Gasteiger partial charge in [-0.2, -0.15) is 0 Å². The largest absolute Gasteiger partial charge is 0.304 e. The van der Waals surface area contributed by atoms with E-state index in [2.05, 4.69) is 115 Å². The van der Waals surface area contributed by atoms with Gasteiger partial charge < -0.3 is 10.6 Å². The first-order chi connectivity index (χ1) is 11.9. The van der Waals surface area contributed by atoms with Crippen molar-refractivity contribution in [2.24, 2.45) is 0 Å². The van der Waals surface area contributed by atoms with Crippen LogP contribution in [0, 0.1) is 13.8 Å². The second kappa shape index (κ2) is 7.94. The van der Waals surface area contributed by atoms with Crippen molar-refractivity contribution in [3.8, 4) is 0 Å². The maximum Gasteiger partial charge on any atom is 0.0522 e. The van der Waals surface area contributed by atoms with Gasteiger partial charge in [-0.1, -0.05) is 59.7 Å². The molecule has 0 aromatic heterocycles. The summed E-state index contributed by atoms with van der Waals surface area (Å²) in [5.74, 6) is 0. The molecule has 26 heavy (non-hydrogen) atoms. The zero-order chi connectivity index (χ0) is 19.5. The molecule has 0 radical (unpaired) electrons. The summed E-state index contributed by atoms with van der Waals surface area (Å²) in [5.41, 5.74) is 5.23. The Morgan fingerprint density at radius 3 is 1.04 bits per heavy atom. The molecule has 0 aliphatic heterocycles. The molecule has 2 aromatic rings. The Labute approximate surface area is 160 Å². The normalized spacial score (nSPS) is 14.9. The van der Waals surface area contributed by atoms with Crippen LogP contribution in [0.1, 0.15) is 75.9 Å². The van der Waals surface area contributed by atoms with Crippen LogP contribution in [0.15, 0.2) is 48.5 Å². The minimum Gasteiger partial charge on any atom is -0.304 e. The highest BCUT2D eigenvalue weighted by atomic mass is 15.1. The minimum atomic E-state index is 0.0120. The molecule has 0 fully saturated rings. The van der Waals surface area contributed by atoms with Crippen LogP contribution in [0.5, 0.6) is 0 Å². The highest BCUT2D eigenvalue weighted by Gasteiger charge is 2.30. The van der Waals surface area contributed by atoms with Gasteiger partial charge in [0.15, 0.2) is 0 Å². The van der Waals surface area contributed by atoms with Crippen LogP contribution in [0.4, 0.5) is 0 Å². The topological polar surface area (TPSA) is 24.1 Å². The third kappa shape index (κ3) is 6.26. The Hall–Kier alpha value is -1.64. The molecule has 2 rings (SSSR count). The molecular formula is C24H36N2. The van der Waals surface area contributed by atoms with Gasteiger partial charge in [0.05, 0.1) is 12.1 Å². The average Bonchev–Trinajstić information content (AvgIpc) is 2.51. The number of rotatable bonds is 5. The maximum absolute atomic E-state index is 3.87. The van der Waals surface area contributed by atoms with Crippen LogP contribution in [0.3, 0.4) is 0 Å². The van der Waals surface area contributed by atoms with Crippen LogP contribution in [-0.2, 0) is 0 Å². The second-order valence-corrected chi connectivity index (χ2v) is 9.57. The van der Waals surface area contributed by atoms with E-state index in [9.17, 15) is 0 Å². The van der Waals surface area contributed by atoms with Crippen molar-refractivity contribution in [1.29, 1.82) is 0 Å². The van der Waals surface area contributed by atoms with Gasteiger partial charge in [-0.3, -0.25) is 0 Å². The van der Waals surface area contributed by atoms with Gasteiger partial charge in [-0.05, 0) is 66.5 Å². The fourth-order valence-corrected chi connectivity index (χ4v) is 3.20. The second-order valence-electron chi connectivity index (χ2n) is 9.57. The molecular weight excluding hydrogens is 316 g/mol. The van der Waals surface area contributed by atoms with Crippen molar-refractivity contribution in [3.63, 3.8) is 0 Å². The molecule has 2 nitrogen and oxygen atoms in total. The van der Waals surface area contributed by atoms with Crippen molar-refractivity contribution in [3.05, 3.63) is 70.8 Å². The van der Waals surface area contributed by atoms with Crippen LogP contribution < -0.4 is 10.6 Å². The predicted molar refractivity (Wildman–Crippen MR) is 114 cm³/mol. The quantitative estimate of drug-likeness (QED) is 0.704. The van der Waals surface area contributed by atoms with Crippen molar-refractivity contribution in [2.45, 2.75) is 78.6 Å². The lowest BCUT2D eigenvalue weighted by atomic mass is 9.88. The first-order valence-electron chi connectivity index (χ1n) is 9.63. The van der Waals surface area contributed by atoms with E-state index in [0.29, 0.717) is 0 Å². The standard InChI is InChI=1S/C24H36N2/c1-17-9-13-19(14-10-17)21(25-23(3,4)5)22(26-24(6,7)8)20-15-11-18(2)12-16-20/h9-16,21-22,25-26H,1-8H3/t21-,22-/m1/s1. The molecule has 2 atom stereocenters. The Balaban J connectivity index is 2.51. The highest BCUT2D eigenvalue weighted by Crippen LogP contribution is 2.33. The molecule has 0 heterocycles. The molecule has 0 spiro atoms. The van der Waals surface area contributed by atoms with Crippen LogP contribution in [0.2, 0.25) is 0 Å². The van der Waals surface area contributed by atoms with Crippen molar-refractivity contribution >= 4 is 0 Å². The van der Waals surface area contributed by atoms with E-state index in [1.165, 1.54) is 22.3 Å². The van der Waals surface area contributed by atoms with Crippen LogP contribution in [-0.4, -0.2) is 11.1 Å². The molecule has 2 aromatic carbocycles. The van der Waals surface area contributed by atoms with E-state index in [0.717, 1.165) is 0 Å². The fraction of sp³-hybridized carbons (Fsp3) is 0.500. The number of hydrogen-bond acceptors (Lipinski definition) is 2. The molecule has 2 N–H and O–H groups in total. The minimum absolute atomic E-state index is 0.0120. The van der Waals surface area contributed by atoms with Gasteiger partial charge in [0.2, 0.25) is 0 Å². The zero-order valence-electron chi connectivity index (χ0n) is 17.8. The molecule has 0 aliphatic rings. The number of benzene rings is 2. The molecule has 0 bridgehead atoms. The smallest absolute Gasteiger partial charge is 0.0522 e. The van der Waals surface area contributed by atoms with E-state index in [-0.39, 0.29) is 23.2 Å². The summed E-state index contributed by atoms with van der Waals surface area (Å²) in [6, 6.07) is 18.2. The Morgan fingerprint density at radius 2 is 0.808 bits per heavy atom. The Bertz CT molecular complexity index is 621. The Morgan fingerprint density at radius 1 is 0.538 bits per heavy atom. The van der Waals surface area contributed by atoms with Crippen molar-refractivity contribution in [2.75, 3.05) is 0 Å². The maximum atomic E-state index is 3.87. The SMILES string of the molecule is Cc1ccc([C@@H](NC(C)(C)C)[C@H](NC(C)(C)C)c2ccc(C)cc2)cc1. The molecule has 0 saturated carbocycles. The van der Waals surface area contributed by atoms with Gasteiger partial charge in [-0.25, -0.2) is 0 Å². The van der Waals surface area contributed by atoms with Gasteiger partial charge in [0.25, 0.3) is 0 Å². The van der Waals surface area contributed by atoms with E-state index in [1.54, 1.807) is 0 Å². The molecule has 2 heteroatoms. The lowest BCUT2D eigenvalue weighted by Crippen LogP contribution is -2.48. The number of nitrogens with one attached hydrogen (secondary N) is 2. The average molecular weight is 353 g/mol. The summed E-state index contributed by atoms with van der Waals surface area (Å²) in [4.78, 5) is 0. The lowest BCUT2D eigenvalue weighted by Gasteiger charge is -2.39. The summed E-state index contributed by atoms with van der Waals surface area (Å²) in [6.45, 7) is 17.7. The highest BCUT2D eigenvalue weighted by molar-refractivity contribution is 5.31. The van der Waals surface area contributed by atoms with Gasteiger partial charge in [-0.15, -0.1) is 0 Å². The first kappa shape index (κ1) is 20.7. The molecule has 0 unspecified atom stereocenters. The molecule has 0 saturated heterocycles. The van der Waals surface area contributed by atoms with Crippen LogP contribution >= 0.6 is 0 Å². The summed E-state index contributed by atoms with van der Waals surface area (Å²) >= 11 is 0. The number of aryl methyl sites for hydroxylation is 2. The summed E-state index contributed by atoms with van der Waals surface area (Å²) < 4.78 is 0. The van der Waals surface area contributed by atoms with E-state index in [4.69, 9.17) is 0 Å². The third-order valence-electron chi connectivity index (χ3n) is 4.38. The summed E-state index contributed by atoms with van der Waals surface area (Å²) in [7, 11) is 0. The van der Waals surface area contributed by atoms with E-state index in [1.807, 2.05) is 0 Å². The molecule has 142 valence electrons. The van der Waals surface area contributed by atoms with Crippen molar-refractivity contribution < 1.29 is 0 Å².